The average molecular weight is 636 g/mol. The van der Waals surface area contributed by atoms with Crippen molar-refractivity contribution in [1.29, 1.82) is 0 Å². The fourth-order valence-electron chi connectivity index (χ4n) is 4.43. The van der Waals surface area contributed by atoms with Gasteiger partial charge in [-0.2, -0.15) is 13.2 Å². The molecule has 2 aromatic carbocycles. The van der Waals surface area contributed by atoms with Crippen LogP contribution in [0.4, 0.5) is 13.2 Å². The van der Waals surface area contributed by atoms with Gasteiger partial charge in [-0.15, -0.1) is 12.4 Å². The number of nitrogens with two attached hydrogens (primary N) is 1. The molecule has 1 saturated carbocycles. The van der Waals surface area contributed by atoms with Crippen LogP contribution in [0.25, 0.3) is 0 Å². The van der Waals surface area contributed by atoms with E-state index in [0.717, 1.165) is 12.1 Å². The summed E-state index contributed by atoms with van der Waals surface area (Å²) >= 11 is 0. The molecule has 0 heterocycles. The number of ether oxygens (including phenoxy) is 1. The molecule has 15 heteroatoms. The van der Waals surface area contributed by atoms with E-state index in [4.69, 9.17) is 15.6 Å². The minimum atomic E-state index is -4.58. The van der Waals surface area contributed by atoms with Gasteiger partial charge in [-0.05, 0) is 61.9 Å². The molecule has 42 heavy (non-hydrogen) atoms. The van der Waals surface area contributed by atoms with E-state index in [1.165, 1.54) is 0 Å². The summed E-state index contributed by atoms with van der Waals surface area (Å²) in [6.07, 6.45) is -3.47. The number of sulfonamides is 1. The monoisotopic (exact) mass is 635 g/mol. The molecule has 1 fully saturated rings. The summed E-state index contributed by atoms with van der Waals surface area (Å²) in [7, 11) is -4.05. The molecule has 1 aliphatic rings. The van der Waals surface area contributed by atoms with Gasteiger partial charge in [0, 0.05) is 18.4 Å². The van der Waals surface area contributed by atoms with Crippen molar-refractivity contribution in [2.45, 2.75) is 67.7 Å². The minimum Gasteiger partial charge on any atom is -0.480 e. The van der Waals surface area contributed by atoms with E-state index in [2.05, 4.69) is 10.0 Å². The second-order valence-corrected chi connectivity index (χ2v) is 11.5. The van der Waals surface area contributed by atoms with Crippen molar-refractivity contribution in [2.75, 3.05) is 6.61 Å². The summed E-state index contributed by atoms with van der Waals surface area (Å²) in [5.74, 6) is -2.61. The lowest BCUT2D eigenvalue weighted by Crippen LogP contribution is -2.42. The van der Waals surface area contributed by atoms with E-state index < -0.39 is 57.7 Å². The Labute approximate surface area is 247 Å². The number of hydrogen-bond donors (Lipinski definition) is 4. The molecule has 1 aliphatic carbocycles. The first-order valence-electron chi connectivity index (χ1n) is 12.9. The Morgan fingerprint density at radius 3 is 2.14 bits per heavy atom. The Balaban J connectivity index is 0.00000616. The first-order chi connectivity index (χ1) is 19.3. The smallest absolute Gasteiger partial charge is 0.416 e. The predicted octanol–water partition coefficient (Wildman–Crippen LogP) is 3.56. The van der Waals surface area contributed by atoms with E-state index in [0.29, 0.717) is 43.4 Å². The molecule has 0 bridgehead atoms. The van der Waals surface area contributed by atoms with Gasteiger partial charge in [-0.25, -0.2) is 13.1 Å². The highest BCUT2D eigenvalue weighted by Gasteiger charge is 2.33. The van der Waals surface area contributed by atoms with Crippen LogP contribution < -0.4 is 15.8 Å². The molecule has 0 radical (unpaired) electrons. The molecule has 2 atom stereocenters. The fourth-order valence-corrected chi connectivity index (χ4v) is 5.73. The zero-order chi connectivity index (χ0) is 30.2. The molecule has 5 N–H and O–H groups in total. The lowest BCUT2D eigenvalue weighted by Gasteiger charge is -2.29. The Morgan fingerprint density at radius 1 is 1.00 bits per heavy atom. The van der Waals surface area contributed by atoms with Gasteiger partial charge in [-0.1, -0.05) is 30.3 Å². The van der Waals surface area contributed by atoms with Gasteiger partial charge in [0.1, 0.15) is 12.6 Å². The van der Waals surface area contributed by atoms with Gasteiger partial charge in [0.25, 0.3) is 0 Å². The first-order valence-corrected chi connectivity index (χ1v) is 14.4. The second kappa shape index (κ2) is 15.3. The van der Waals surface area contributed by atoms with Crippen molar-refractivity contribution in [2.24, 2.45) is 11.7 Å². The zero-order valence-corrected chi connectivity index (χ0v) is 24.0. The van der Waals surface area contributed by atoms with Gasteiger partial charge in [0.2, 0.25) is 15.9 Å². The number of carboxylic acid groups (broad SMARTS) is 1. The van der Waals surface area contributed by atoms with Crippen LogP contribution >= 0.6 is 12.4 Å². The average Bonchev–Trinajstić information content (AvgIpc) is 2.94. The van der Waals surface area contributed by atoms with E-state index >= 15 is 0 Å². The number of carbonyl (C=O) groups is 3. The van der Waals surface area contributed by atoms with Gasteiger partial charge in [0.15, 0.2) is 0 Å². The summed E-state index contributed by atoms with van der Waals surface area (Å²) in [6.45, 7) is -0.181. The van der Waals surface area contributed by atoms with E-state index in [1.54, 1.807) is 30.3 Å². The Kier molecular flexibility index (Phi) is 12.8. The van der Waals surface area contributed by atoms with Gasteiger partial charge >= 0.3 is 18.1 Å². The van der Waals surface area contributed by atoms with Crippen LogP contribution in [0.1, 0.15) is 55.7 Å². The minimum absolute atomic E-state index is 0. The van der Waals surface area contributed by atoms with Crippen molar-refractivity contribution in [1.82, 2.24) is 10.0 Å². The van der Waals surface area contributed by atoms with Gasteiger partial charge in [0.05, 0.1) is 16.5 Å². The predicted molar refractivity (Wildman–Crippen MR) is 148 cm³/mol. The molecule has 0 aliphatic heterocycles. The van der Waals surface area contributed by atoms with Gasteiger partial charge in [-0.3, -0.25) is 14.4 Å². The molecule has 232 valence electrons. The van der Waals surface area contributed by atoms with Crippen LogP contribution in [0.15, 0.2) is 59.5 Å². The van der Waals surface area contributed by atoms with E-state index in [9.17, 15) is 36.0 Å². The molecular formula is C27H33ClF3N3O7S. The third kappa shape index (κ3) is 10.3. The Bertz CT molecular complexity index is 1300. The number of carbonyl (C=O) groups excluding carboxylic acids is 2. The quantitative estimate of drug-likeness (QED) is 0.257. The number of aliphatic carboxylic acids is 1. The number of alkyl halides is 3. The molecule has 2 aromatic rings. The van der Waals surface area contributed by atoms with Crippen molar-refractivity contribution in [3.8, 4) is 0 Å². The highest BCUT2D eigenvalue weighted by Crippen LogP contribution is 2.30. The van der Waals surface area contributed by atoms with Crippen molar-refractivity contribution in [3.05, 3.63) is 65.7 Å². The van der Waals surface area contributed by atoms with Crippen LogP contribution in [0, 0.1) is 5.92 Å². The fraction of sp³-hybridized carbons (Fsp3) is 0.444. The number of benzene rings is 2. The maximum absolute atomic E-state index is 13.1. The lowest BCUT2D eigenvalue weighted by atomic mass is 9.85. The first kappa shape index (κ1) is 35.0. The molecule has 3 rings (SSSR count). The lowest BCUT2D eigenvalue weighted by molar-refractivity contribution is -0.146. The molecule has 1 amide bonds. The highest BCUT2D eigenvalue weighted by molar-refractivity contribution is 7.89. The number of halogens is 4. The molecule has 0 unspecified atom stereocenters. The van der Waals surface area contributed by atoms with Crippen LogP contribution in [0.5, 0.6) is 0 Å². The van der Waals surface area contributed by atoms with E-state index in [1.807, 2.05) is 0 Å². The summed E-state index contributed by atoms with van der Waals surface area (Å²) < 4.78 is 71.5. The third-order valence-corrected chi connectivity index (χ3v) is 8.35. The largest absolute Gasteiger partial charge is 0.480 e. The van der Waals surface area contributed by atoms with Crippen LogP contribution in [0.2, 0.25) is 0 Å². The summed E-state index contributed by atoms with van der Waals surface area (Å²) in [5.41, 5.74) is 5.15. The summed E-state index contributed by atoms with van der Waals surface area (Å²) in [5, 5.41) is 11.7. The second-order valence-electron chi connectivity index (χ2n) is 9.83. The van der Waals surface area contributed by atoms with Crippen molar-refractivity contribution < 1.29 is 45.8 Å². The molecule has 0 aromatic heterocycles. The number of hydrogen-bond acceptors (Lipinski definition) is 7. The van der Waals surface area contributed by atoms with Crippen LogP contribution in [-0.4, -0.2) is 50.1 Å². The molecular weight excluding hydrogens is 603 g/mol. The topological polar surface area (TPSA) is 165 Å². The zero-order valence-electron chi connectivity index (χ0n) is 22.4. The number of carboxylic acids is 1. The number of rotatable bonds is 12. The Morgan fingerprint density at radius 2 is 1.60 bits per heavy atom. The van der Waals surface area contributed by atoms with E-state index in [-0.39, 0.29) is 42.7 Å². The Hall–Kier alpha value is -3.20. The summed E-state index contributed by atoms with van der Waals surface area (Å²) in [4.78, 5) is 35.8. The normalized spacial score (nSPS) is 18.7. The standard InChI is InChI=1S/C27H32F3N3O7S.ClH/c28-27(29,30)19-8-12-21(13-9-19)41(38,39)33-20-10-6-18(7-11-20)25(35)32-23(17-4-2-1-3-5-17)16-40-24(34)15-14-22(31)26(36)37;/h1-5,8-9,12-13,18,20,22-23,33H,6-7,10-11,14-16,31H2,(H,32,35)(H,36,37);1H/t18?,20?,22-,23+;/m1./s1. The highest BCUT2D eigenvalue weighted by atomic mass is 35.5. The molecule has 0 spiro atoms. The third-order valence-electron chi connectivity index (χ3n) is 6.82. The van der Waals surface area contributed by atoms with Crippen LogP contribution in [0.3, 0.4) is 0 Å². The maximum atomic E-state index is 13.1. The number of esters is 1. The van der Waals surface area contributed by atoms with Crippen molar-refractivity contribution >= 4 is 40.3 Å². The SMILES string of the molecule is Cl.N[C@H](CCC(=O)OC[C@H](NC(=O)C1CCC(NS(=O)(=O)c2ccc(C(F)(F)F)cc2)CC1)c1ccccc1)C(=O)O. The number of amides is 1. The molecule has 10 nitrogen and oxygen atoms in total. The van der Waals surface area contributed by atoms with Crippen LogP contribution in [-0.2, 0) is 35.3 Å². The van der Waals surface area contributed by atoms with Crippen molar-refractivity contribution in [3.63, 3.8) is 0 Å². The maximum Gasteiger partial charge on any atom is 0.416 e. The van der Waals surface area contributed by atoms with Gasteiger partial charge < -0.3 is 20.9 Å². The summed E-state index contributed by atoms with van der Waals surface area (Å²) in [6, 6.07) is 9.69. The molecule has 0 saturated heterocycles. The number of nitrogens with one attached hydrogen (secondary N) is 2.